The Morgan fingerprint density at radius 3 is 2.63 bits per heavy atom. The maximum atomic E-state index is 11.9. The lowest BCUT2D eigenvalue weighted by atomic mass is 10.2. The normalized spacial score (nSPS) is 23.5. The maximum absolute atomic E-state index is 11.9. The van der Waals surface area contributed by atoms with Crippen LogP contribution in [0.1, 0.15) is 24.8 Å². The number of anilines is 1. The molecular formula is C13H21N3O2S. The SMILES string of the molecule is CNS(=O)(=O)c1cc(NC2CCC(N)C2)ccc1C. The molecule has 1 aromatic rings. The average Bonchev–Trinajstić information content (AvgIpc) is 2.77. The second-order valence-electron chi connectivity index (χ2n) is 5.10. The van der Waals surface area contributed by atoms with Crippen LogP contribution >= 0.6 is 0 Å². The number of hydrogen-bond acceptors (Lipinski definition) is 4. The summed E-state index contributed by atoms with van der Waals surface area (Å²) in [7, 11) is -1.99. The number of aryl methyl sites for hydroxylation is 1. The predicted molar refractivity (Wildman–Crippen MR) is 76.7 cm³/mol. The summed E-state index contributed by atoms with van der Waals surface area (Å²) in [5.41, 5.74) is 7.45. The van der Waals surface area contributed by atoms with Gasteiger partial charge in [0.25, 0.3) is 0 Å². The molecule has 5 nitrogen and oxygen atoms in total. The van der Waals surface area contributed by atoms with Gasteiger partial charge in [0.05, 0.1) is 4.90 Å². The van der Waals surface area contributed by atoms with Crippen molar-refractivity contribution in [3.63, 3.8) is 0 Å². The van der Waals surface area contributed by atoms with Crippen LogP contribution in [0.4, 0.5) is 5.69 Å². The molecule has 1 aromatic carbocycles. The van der Waals surface area contributed by atoms with Crippen molar-refractivity contribution >= 4 is 15.7 Å². The number of hydrogen-bond donors (Lipinski definition) is 3. The summed E-state index contributed by atoms with van der Waals surface area (Å²) >= 11 is 0. The van der Waals surface area contributed by atoms with E-state index in [0.717, 1.165) is 30.5 Å². The number of nitrogens with one attached hydrogen (secondary N) is 2. The summed E-state index contributed by atoms with van der Waals surface area (Å²) in [6.07, 6.45) is 2.98. The lowest BCUT2D eigenvalue weighted by molar-refractivity contribution is 0.587. The first-order chi connectivity index (χ1) is 8.92. The van der Waals surface area contributed by atoms with E-state index in [-0.39, 0.29) is 6.04 Å². The third kappa shape index (κ3) is 3.26. The van der Waals surface area contributed by atoms with E-state index in [1.807, 2.05) is 12.1 Å². The molecule has 0 aromatic heterocycles. The standard InChI is InChI=1S/C13H21N3O2S/c1-9-3-5-12(8-13(9)19(17,18)15-2)16-11-6-4-10(14)7-11/h3,5,8,10-11,15-16H,4,6-7,14H2,1-2H3. The Hall–Kier alpha value is -1.11. The van der Waals surface area contributed by atoms with Gasteiger partial charge in [-0.1, -0.05) is 6.07 Å². The third-order valence-corrected chi connectivity index (χ3v) is 5.15. The predicted octanol–water partition coefficient (Wildman–Crippen LogP) is 1.19. The highest BCUT2D eigenvalue weighted by atomic mass is 32.2. The molecule has 1 fully saturated rings. The Kier molecular flexibility index (Phi) is 4.13. The summed E-state index contributed by atoms with van der Waals surface area (Å²) in [5, 5.41) is 3.36. The Morgan fingerprint density at radius 1 is 1.32 bits per heavy atom. The Labute approximate surface area is 114 Å². The fourth-order valence-electron chi connectivity index (χ4n) is 2.47. The summed E-state index contributed by atoms with van der Waals surface area (Å²) < 4.78 is 26.2. The molecule has 0 radical (unpaired) electrons. The van der Waals surface area contributed by atoms with E-state index in [1.54, 1.807) is 13.0 Å². The monoisotopic (exact) mass is 283 g/mol. The van der Waals surface area contributed by atoms with Crippen LogP contribution in [0.2, 0.25) is 0 Å². The van der Waals surface area contributed by atoms with Crippen molar-refractivity contribution in [2.45, 2.75) is 43.2 Å². The molecular weight excluding hydrogens is 262 g/mol. The van der Waals surface area contributed by atoms with Gasteiger partial charge in [-0.3, -0.25) is 0 Å². The van der Waals surface area contributed by atoms with Crippen LogP contribution < -0.4 is 15.8 Å². The summed E-state index contributed by atoms with van der Waals surface area (Å²) in [6.45, 7) is 1.79. The van der Waals surface area contributed by atoms with Crippen molar-refractivity contribution in [1.29, 1.82) is 0 Å². The maximum Gasteiger partial charge on any atom is 0.240 e. The Morgan fingerprint density at radius 2 is 2.05 bits per heavy atom. The highest BCUT2D eigenvalue weighted by Crippen LogP contribution is 2.25. The lowest BCUT2D eigenvalue weighted by Crippen LogP contribution is -2.22. The molecule has 2 rings (SSSR count). The number of rotatable bonds is 4. The second kappa shape index (κ2) is 5.48. The molecule has 19 heavy (non-hydrogen) atoms. The molecule has 1 aliphatic rings. The first kappa shape index (κ1) is 14.3. The van der Waals surface area contributed by atoms with E-state index >= 15 is 0 Å². The minimum absolute atomic E-state index is 0.253. The third-order valence-electron chi connectivity index (χ3n) is 3.59. The number of nitrogens with two attached hydrogens (primary N) is 1. The van der Waals surface area contributed by atoms with Crippen LogP contribution in [0, 0.1) is 6.92 Å². The van der Waals surface area contributed by atoms with Crippen LogP contribution in [0.25, 0.3) is 0 Å². The number of sulfonamides is 1. The fraction of sp³-hybridized carbons (Fsp3) is 0.538. The molecule has 0 saturated heterocycles. The molecule has 2 atom stereocenters. The number of benzene rings is 1. The minimum Gasteiger partial charge on any atom is -0.382 e. The minimum atomic E-state index is -3.41. The quantitative estimate of drug-likeness (QED) is 0.775. The van der Waals surface area contributed by atoms with E-state index in [0.29, 0.717) is 10.9 Å². The fourth-order valence-corrected chi connectivity index (χ4v) is 3.47. The second-order valence-corrected chi connectivity index (χ2v) is 6.96. The summed E-state index contributed by atoms with van der Waals surface area (Å²) in [4.78, 5) is 0.322. The molecule has 1 aliphatic carbocycles. The van der Waals surface area contributed by atoms with Gasteiger partial charge in [0.15, 0.2) is 0 Å². The van der Waals surface area contributed by atoms with Gasteiger partial charge in [-0.2, -0.15) is 0 Å². The molecule has 0 heterocycles. The van der Waals surface area contributed by atoms with Crippen molar-refractivity contribution in [2.75, 3.05) is 12.4 Å². The molecule has 0 amide bonds. The zero-order chi connectivity index (χ0) is 14.0. The van der Waals surface area contributed by atoms with Gasteiger partial charge in [-0.05, 0) is 50.9 Å². The van der Waals surface area contributed by atoms with E-state index in [4.69, 9.17) is 5.73 Å². The van der Waals surface area contributed by atoms with E-state index in [1.165, 1.54) is 7.05 Å². The Balaban J connectivity index is 2.22. The molecule has 4 N–H and O–H groups in total. The van der Waals surface area contributed by atoms with E-state index < -0.39 is 10.0 Å². The van der Waals surface area contributed by atoms with Crippen molar-refractivity contribution in [2.24, 2.45) is 5.73 Å². The van der Waals surface area contributed by atoms with Crippen molar-refractivity contribution in [3.05, 3.63) is 23.8 Å². The molecule has 0 spiro atoms. The van der Waals surface area contributed by atoms with Gasteiger partial charge in [0.1, 0.15) is 0 Å². The van der Waals surface area contributed by atoms with Crippen LogP contribution in [-0.2, 0) is 10.0 Å². The van der Waals surface area contributed by atoms with Gasteiger partial charge in [0.2, 0.25) is 10.0 Å². The van der Waals surface area contributed by atoms with Crippen molar-refractivity contribution < 1.29 is 8.42 Å². The highest BCUT2D eigenvalue weighted by Gasteiger charge is 2.22. The van der Waals surface area contributed by atoms with Crippen molar-refractivity contribution in [1.82, 2.24) is 4.72 Å². The zero-order valence-electron chi connectivity index (χ0n) is 11.3. The molecule has 0 aliphatic heterocycles. The highest BCUT2D eigenvalue weighted by molar-refractivity contribution is 7.89. The molecule has 6 heteroatoms. The van der Waals surface area contributed by atoms with Crippen LogP contribution in [-0.4, -0.2) is 27.5 Å². The summed E-state index contributed by atoms with van der Waals surface area (Å²) in [5.74, 6) is 0. The smallest absolute Gasteiger partial charge is 0.240 e. The molecule has 1 saturated carbocycles. The zero-order valence-corrected chi connectivity index (χ0v) is 12.1. The first-order valence-electron chi connectivity index (χ1n) is 6.48. The van der Waals surface area contributed by atoms with E-state index in [9.17, 15) is 8.42 Å². The van der Waals surface area contributed by atoms with Gasteiger partial charge in [-0.25, -0.2) is 13.1 Å². The van der Waals surface area contributed by atoms with Crippen LogP contribution in [0.5, 0.6) is 0 Å². The topological polar surface area (TPSA) is 84.2 Å². The molecule has 0 bridgehead atoms. The van der Waals surface area contributed by atoms with Crippen LogP contribution in [0.3, 0.4) is 0 Å². The van der Waals surface area contributed by atoms with Gasteiger partial charge < -0.3 is 11.1 Å². The van der Waals surface area contributed by atoms with Crippen molar-refractivity contribution in [3.8, 4) is 0 Å². The van der Waals surface area contributed by atoms with Gasteiger partial charge in [-0.15, -0.1) is 0 Å². The van der Waals surface area contributed by atoms with E-state index in [2.05, 4.69) is 10.0 Å². The van der Waals surface area contributed by atoms with Crippen LogP contribution in [0.15, 0.2) is 23.1 Å². The molecule has 106 valence electrons. The summed E-state index contributed by atoms with van der Waals surface area (Å²) in [6, 6.07) is 6.01. The largest absolute Gasteiger partial charge is 0.382 e. The molecule has 2 unspecified atom stereocenters. The van der Waals surface area contributed by atoms with Gasteiger partial charge in [0, 0.05) is 17.8 Å². The van der Waals surface area contributed by atoms with Gasteiger partial charge >= 0.3 is 0 Å². The first-order valence-corrected chi connectivity index (χ1v) is 7.97. The lowest BCUT2D eigenvalue weighted by Gasteiger charge is -2.16. The average molecular weight is 283 g/mol. The Bertz CT molecular complexity index is 557.